The lowest BCUT2D eigenvalue weighted by atomic mass is 10.1. The number of hydrogen-bond acceptors (Lipinski definition) is 3. The van der Waals surface area contributed by atoms with Crippen molar-refractivity contribution in [2.24, 2.45) is 0 Å². The summed E-state index contributed by atoms with van der Waals surface area (Å²) in [5, 5.41) is 0.452. The molecular formula is C11H17ClN2OS. The van der Waals surface area contributed by atoms with Crippen molar-refractivity contribution in [1.29, 1.82) is 0 Å². The molecule has 2 atom stereocenters. The van der Waals surface area contributed by atoms with E-state index < -0.39 is 11.4 Å². The van der Waals surface area contributed by atoms with E-state index in [2.05, 4.69) is 9.71 Å². The summed E-state index contributed by atoms with van der Waals surface area (Å²) in [7, 11) is 0. The second-order valence-electron chi connectivity index (χ2n) is 4.63. The Balaban J connectivity index is 2.69. The maximum absolute atomic E-state index is 11.9. The van der Waals surface area contributed by atoms with Crippen molar-refractivity contribution in [2.45, 2.75) is 38.5 Å². The van der Waals surface area contributed by atoms with Crippen molar-refractivity contribution < 1.29 is 4.55 Å². The lowest BCUT2D eigenvalue weighted by Gasteiger charge is -2.26. The highest BCUT2D eigenvalue weighted by Crippen LogP contribution is 2.20. The normalized spacial score (nSPS) is 15.9. The Hall–Kier alpha value is -0.290. The van der Waals surface area contributed by atoms with E-state index in [9.17, 15) is 4.55 Å². The van der Waals surface area contributed by atoms with Crippen LogP contribution in [-0.2, 0) is 11.4 Å². The number of nitrogens with one attached hydrogen (secondary N) is 1. The van der Waals surface area contributed by atoms with E-state index in [-0.39, 0.29) is 10.8 Å². The van der Waals surface area contributed by atoms with Crippen LogP contribution in [0.2, 0.25) is 5.15 Å². The maximum Gasteiger partial charge on any atom is 0.136 e. The predicted octanol–water partition coefficient (Wildman–Crippen LogP) is 2.85. The summed E-state index contributed by atoms with van der Waals surface area (Å²) >= 11 is 4.71. The summed E-state index contributed by atoms with van der Waals surface area (Å²) in [6, 6.07) is 3.63. The fourth-order valence-electron chi connectivity index (χ4n) is 1.09. The van der Waals surface area contributed by atoms with Crippen LogP contribution in [0, 0.1) is 0 Å². The fourth-order valence-corrected chi connectivity index (χ4v) is 2.09. The molecular weight excluding hydrogens is 244 g/mol. The lowest BCUT2D eigenvalue weighted by molar-refractivity contribution is 0.531. The average molecular weight is 261 g/mol. The Bertz CT molecular complexity index is 354. The zero-order chi connectivity index (χ0) is 12.3. The Morgan fingerprint density at radius 3 is 2.62 bits per heavy atom. The minimum Gasteiger partial charge on any atom is -0.598 e. The van der Waals surface area contributed by atoms with Gasteiger partial charge in [-0.3, -0.25) is 0 Å². The van der Waals surface area contributed by atoms with Crippen LogP contribution in [-0.4, -0.2) is 14.3 Å². The SMILES string of the molecule is CC(N[S+]([O-])C(C)(C)C)c1ccnc(Cl)c1. The second kappa shape index (κ2) is 5.36. The van der Waals surface area contributed by atoms with Gasteiger partial charge in [0.2, 0.25) is 0 Å². The van der Waals surface area contributed by atoms with E-state index in [0.717, 1.165) is 5.56 Å². The monoisotopic (exact) mass is 260 g/mol. The molecule has 1 heterocycles. The number of aromatic nitrogens is 1. The highest BCUT2D eigenvalue weighted by molar-refractivity contribution is 7.90. The van der Waals surface area contributed by atoms with Crippen LogP contribution in [0.25, 0.3) is 0 Å². The first-order chi connectivity index (χ1) is 7.30. The summed E-state index contributed by atoms with van der Waals surface area (Å²) in [5.74, 6) is 0. The van der Waals surface area contributed by atoms with Crippen LogP contribution in [0.1, 0.15) is 39.3 Å². The Labute approximate surface area is 105 Å². The van der Waals surface area contributed by atoms with Gasteiger partial charge < -0.3 is 4.55 Å². The summed E-state index contributed by atoms with van der Waals surface area (Å²) < 4.78 is 14.7. The first-order valence-electron chi connectivity index (χ1n) is 5.10. The minimum absolute atomic E-state index is 0.0134. The van der Waals surface area contributed by atoms with Gasteiger partial charge >= 0.3 is 0 Å². The maximum atomic E-state index is 11.9. The molecule has 16 heavy (non-hydrogen) atoms. The van der Waals surface area contributed by atoms with Crippen molar-refractivity contribution in [3.8, 4) is 0 Å². The van der Waals surface area contributed by atoms with Gasteiger partial charge in [0.1, 0.15) is 9.90 Å². The molecule has 1 rings (SSSR count). The summed E-state index contributed by atoms with van der Waals surface area (Å²) in [6.45, 7) is 7.75. The zero-order valence-electron chi connectivity index (χ0n) is 9.95. The molecule has 0 saturated carbocycles. The fraction of sp³-hybridized carbons (Fsp3) is 0.545. The number of pyridine rings is 1. The Kier molecular flexibility index (Phi) is 4.62. The third-order valence-electron chi connectivity index (χ3n) is 2.09. The minimum atomic E-state index is -1.09. The molecule has 5 heteroatoms. The third-order valence-corrected chi connectivity index (χ3v) is 3.98. The third kappa shape index (κ3) is 3.94. The molecule has 1 aromatic rings. The summed E-state index contributed by atoms with van der Waals surface area (Å²) in [4.78, 5) is 3.91. The summed E-state index contributed by atoms with van der Waals surface area (Å²) in [5.41, 5.74) is 0.984. The van der Waals surface area contributed by atoms with Crippen molar-refractivity contribution in [3.63, 3.8) is 0 Å². The molecule has 2 unspecified atom stereocenters. The second-order valence-corrected chi connectivity index (χ2v) is 7.02. The van der Waals surface area contributed by atoms with Crippen LogP contribution in [0.15, 0.2) is 18.3 Å². The van der Waals surface area contributed by atoms with Crippen molar-refractivity contribution in [2.75, 3.05) is 0 Å². The van der Waals surface area contributed by atoms with Gasteiger partial charge in [-0.1, -0.05) is 11.6 Å². The van der Waals surface area contributed by atoms with Gasteiger partial charge in [0.15, 0.2) is 0 Å². The van der Waals surface area contributed by atoms with E-state index in [1.165, 1.54) is 0 Å². The standard InChI is InChI=1S/C11H17ClN2OS/c1-8(14-16(15)11(2,3)4)9-5-6-13-10(12)7-9/h5-8,14H,1-4H3. The molecule has 1 aromatic heterocycles. The van der Waals surface area contributed by atoms with Gasteiger partial charge in [0, 0.05) is 17.6 Å². The molecule has 1 N–H and O–H groups in total. The largest absolute Gasteiger partial charge is 0.598 e. The molecule has 0 aliphatic carbocycles. The van der Waals surface area contributed by atoms with Gasteiger partial charge in [-0.15, -0.1) is 4.72 Å². The molecule has 0 aliphatic rings. The van der Waals surface area contributed by atoms with Crippen LogP contribution in [0.3, 0.4) is 0 Å². The van der Waals surface area contributed by atoms with Crippen molar-refractivity contribution >= 4 is 23.0 Å². The van der Waals surface area contributed by atoms with Crippen LogP contribution < -0.4 is 4.72 Å². The van der Waals surface area contributed by atoms with Crippen LogP contribution >= 0.6 is 11.6 Å². The molecule has 0 saturated heterocycles. The molecule has 90 valence electrons. The zero-order valence-corrected chi connectivity index (χ0v) is 11.5. The predicted molar refractivity (Wildman–Crippen MR) is 68.7 cm³/mol. The van der Waals surface area contributed by atoms with E-state index >= 15 is 0 Å². The van der Waals surface area contributed by atoms with E-state index in [1.54, 1.807) is 12.3 Å². The van der Waals surface area contributed by atoms with E-state index in [4.69, 9.17) is 11.6 Å². The van der Waals surface area contributed by atoms with Gasteiger partial charge in [-0.05, 0) is 45.4 Å². The molecule has 0 aromatic carbocycles. The van der Waals surface area contributed by atoms with E-state index in [1.807, 2.05) is 33.8 Å². The van der Waals surface area contributed by atoms with E-state index in [0.29, 0.717) is 5.15 Å². The van der Waals surface area contributed by atoms with Crippen LogP contribution in [0.4, 0.5) is 0 Å². The molecule has 0 amide bonds. The van der Waals surface area contributed by atoms with Gasteiger partial charge in [-0.2, -0.15) is 0 Å². The molecule has 0 radical (unpaired) electrons. The van der Waals surface area contributed by atoms with Gasteiger partial charge in [0.05, 0.1) is 6.04 Å². The number of halogens is 1. The van der Waals surface area contributed by atoms with Crippen LogP contribution in [0.5, 0.6) is 0 Å². The molecule has 0 fully saturated rings. The number of nitrogens with zero attached hydrogens (tertiary/aromatic N) is 1. The average Bonchev–Trinajstić information content (AvgIpc) is 2.16. The summed E-state index contributed by atoms with van der Waals surface area (Å²) in [6.07, 6.45) is 1.65. The van der Waals surface area contributed by atoms with Gasteiger partial charge in [-0.25, -0.2) is 4.98 Å². The lowest BCUT2D eigenvalue weighted by Crippen LogP contribution is -2.40. The first-order valence-corrected chi connectivity index (χ1v) is 6.63. The highest BCUT2D eigenvalue weighted by atomic mass is 35.5. The number of hydrogen-bond donors (Lipinski definition) is 1. The van der Waals surface area contributed by atoms with Gasteiger partial charge in [0.25, 0.3) is 0 Å². The topological polar surface area (TPSA) is 48.0 Å². The highest BCUT2D eigenvalue weighted by Gasteiger charge is 2.28. The first kappa shape index (κ1) is 13.8. The molecule has 0 aliphatic heterocycles. The smallest absolute Gasteiger partial charge is 0.136 e. The van der Waals surface area contributed by atoms with Crippen molar-refractivity contribution in [3.05, 3.63) is 29.0 Å². The van der Waals surface area contributed by atoms with Crippen molar-refractivity contribution in [1.82, 2.24) is 9.71 Å². The molecule has 3 nitrogen and oxygen atoms in total. The molecule has 0 spiro atoms. The molecule has 0 bridgehead atoms. The quantitative estimate of drug-likeness (QED) is 0.672. The Morgan fingerprint density at radius 1 is 1.50 bits per heavy atom. The Morgan fingerprint density at radius 2 is 2.12 bits per heavy atom. The number of rotatable bonds is 3.